The second-order valence-electron chi connectivity index (χ2n) is 5.36. The largest absolute Gasteiger partial charge is 0.462 e. The van der Waals surface area contributed by atoms with Crippen molar-refractivity contribution in [3.63, 3.8) is 0 Å². The van der Waals surface area contributed by atoms with Crippen LogP contribution in [0.25, 0.3) is 0 Å². The van der Waals surface area contributed by atoms with Crippen LogP contribution in [0.5, 0.6) is 0 Å². The van der Waals surface area contributed by atoms with E-state index in [0.717, 1.165) is 17.1 Å². The van der Waals surface area contributed by atoms with Gasteiger partial charge in [0.25, 0.3) is 0 Å². The predicted octanol–water partition coefficient (Wildman–Crippen LogP) is 3.45. The molecule has 4 nitrogen and oxygen atoms in total. The number of hydrogen-bond acceptors (Lipinski definition) is 5. The molecule has 3 N–H and O–H groups in total. The molecule has 0 radical (unpaired) electrons. The van der Waals surface area contributed by atoms with Crippen LogP contribution in [0.4, 0.5) is 10.7 Å². The van der Waals surface area contributed by atoms with Gasteiger partial charge in [0.15, 0.2) is 0 Å². The van der Waals surface area contributed by atoms with E-state index >= 15 is 0 Å². The van der Waals surface area contributed by atoms with Crippen LogP contribution in [0, 0.1) is 5.92 Å². The van der Waals surface area contributed by atoms with Crippen LogP contribution in [0.2, 0.25) is 0 Å². The van der Waals surface area contributed by atoms with Crippen molar-refractivity contribution in [2.75, 3.05) is 24.2 Å². The number of nitrogens with one attached hydrogen (secondary N) is 1. The molecule has 0 unspecified atom stereocenters. The molecule has 1 aliphatic carbocycles. The highest BCUT2D eigenvalue weighted by Crippen LogP contribution is 2.50. The lowest BCUT2D eigenvalue weighted by Crippen LogP contribution is -2.08. The summed E-state index contributed by atoms with van der Waals surface area (Å²) < 4.78 is 5.07. The van der Waals surface area contributed by atoms with Gasteiger partial charge in [-0.2, -0.15) is 0 Å². The summed E-state index contributed by atoms with van der Waals surface area (Å²) in [7, 11) is 0. The van der Waals surface area contributed by atoms with E-state index in [4.69, 9.17) is 10.5 Å². The molecule has 1 aliphatic rings. The first kappa shape index (κ1) is 14.2. The quantitative estimate of drug-likeness (QED) is 0.784. The van der Waals surface area contributed by atoms with E-state index in [1.165, 1.54) is 24.2 Å². The van der Waals surface area contributed by atoms with Crippen LogP contribution in [-0.2, 0) is 4.74 Å². The Hall–Kier alpha value is -1.23. The van der Waals surface area contributed by atoms with E-state index in [1.807, 2.05) is 0 Å². The number of ether oxygens (including phenoxy) is 1. The molecule has 1 fully saturated rings. The summed E-state index contributed by atoms with van der Waals surface area (Å²) in [6.07, 6.45) is 2.33. The first-order valence-electron chi connectivity index (χ1n) is 6.87. The minimum atomic E-state index is -0.301. The van der Waals surface area contributed by atoms with Crippen LogP contribution >= 0.6 is 11.3 Å². The van der Waals surface area contributed by atoms with Crippen molar-refractivity contribution in [2.24, 2.45) is 5.92 Å². The fraction of sp³-hybridized carbons (Fsp3) is 0.643. The van der Waals surface area contributed by atoms with Crippen LogP contribution in [0.15, 0.2) is 0 Å². The Kier molecular flexibility index (Phi) is 4.34. The van der Waals surface area contributed by atoms with E-state index in [-0.39, 0.29) is 5.97 Å². The van der Waals surface area contributed by atoms with Gasteiger partial charge in [-0.25, -0.2) is 4.79 Å². The maximum Gasteiger partial charge on any atom is 0.350 e. The Morgan fingerprint density at radius 3 is 2.74 bits per heavy atom. The monoisotopic (exact) mass is 282 g/mol. The van der Waals surface area contributed by atoms with Crippen molar-refractivity contribution in [3.05, 3.63) is 10.4 Å². The van der Waals surface area contributed by atoms with Crippen LogP contribution in [0.1, 0.15) is 54.8 Å². The number of carbonyl (C=O) groups excluding carboxylic acids is 1. The van der Waals surface area contributed by atoms with E-state index in [2.05, 4.69) is 19.2 Å². The molecule has 1 aromatic heterocycles. The minimum Gasteiger partial charge on any atom is -0.462 e. The Labute approximate surface area is 118 Å². The molecule has 2 rings (SSSR count). The second-order valence-corrected chi connectivity index (χ2v) is 6.38. The standard InChI is InChI=1S/C14H22N2O2S/c1-4-18-14(17)12-11(15)10(9-5-6-9)13(19-12)16-7-8(2)3/h8-9,16H,4-7,15H2,1-3H3. The molecule has 0 amide bonds. The molecular formula is C14H22N2O2S. The number of nitrogen functional groups attached to an aromatic ring is 1. The molecule has 0 spiro atoms. The predicted molar refractivity (Wildman–Crippen MR) is 80.0 cm³/mol. The van der Waals surface area contributed by atoms with Crippen molar-refractivity contribution >= 4 is 28.0 Å². The minimum absolute atomic E-state index is 0.301. The van der Waals surface area contributed by atoms with E-state index in [0.29, 0.717) is 29.0 Å². The summed E-state index contributed by atoms with van der Waals surface area (Å²) in [4.78, 5) is 12.4. The van der Waals surface area contributed by atoms with Gasteiger partial charge in [0.2, 0.25) is 0 Å². The Balaban J connectivity index is 2.25. The smallest absolute Gasteiger partial charge is 0.350 e. The fourth-order valence-corrected chi connectivity index (χ4v) is 3.12. The maximum atomic E-state index is 11.9. The molecule has 0 aliphatic heterocycles. The van der Waals surface area contributed by atoms with Gasteiger partial charge < -0.3 is 15.8 Å². The zero-order chi connectivity index (χ0) is 14.0. The molecule has 5 heteroatoms. The molecule has 0 bridgehead atoms. The lowest BCUT2D eigenvalue weighted by molar-refractivity contribution is 0.0533. The summed E-state index contributed by atoms with van der Waals surface area (Å²) in [6.45, 7) is 7.40. The summed E-state index contributed by atoms with van der Waals surface area (Å²) in [5.74, 6) is 0.778. The maximum absolute atomic E-state index is 11.9. The van der Waals surface area contributed by atoms with Gasteiger partial charge in [-0.1, -0.05) is 13.8 Å². The number of anilines is 2. The second kappa shape index (κ2) is 5.82. The van der Waals surface area contributed by atoms with Gasteiger partial charge in [-0.05, 0) is 31.6 Å². The molecule has 1 saturated carbocycles. The highest BCUT2D eigenvalue weighted by Gasteiger charge is 2.33. The van der Waals surface area contributed by atoms with Gasteiger partial charge in [0, 0.05) is 12.1 Å². The summed E-state index contributed by atoms with van der Waals surface area (Å²) in [5.41, 5.74) is 7.91. The Morgan fingerprint density at radius 1 is 1.53 bits per heavy atom. The summed E-state index contributed by atoms with van der Waals surface area (Å²) in [5, 5.41) is 4.48. The molecular weight excluding hydrogens is 260 g/mol. The lowest BCUT2D eigenvalue weighted by atomic mass is 10.1. The molecule has 19 heavy (non-hydrogen) atoms. The highest BCUT2D eigenvalue weighted by molar-refractivity contribution is 7.18. The first-order chi connectivity index (χ1) is 9.04. The van der Waals surface area contributed by atoms with Crippen molar-refractivity contribution < 1.29 is 9.53 Å². The zero-order valence-electron chi connectivity index (χ0n) is 11.8. The third-order valence-electron chi connectivity index (χ3n) is 3.10. The van der Waals surface area contributed by atoms with Crippen LogP contribution in [-0.4, -0.2) is 19.1 Å². The SMILES string of the molecule is CCOC(=O)c1sc(NCC(C)C)c(C2CC2)c1N. The number of rotatable bonds is 6. The first-order valence-corrected chi connectivity index (χ1v) is 7.69. The van der Waals surface area contributed by atoms with Gasteiger partial charge in [-0.15, -0.1) is 11.3 Å². The summed E-state index contributed by atoms with van der Waals surface area (Å²) >= 11 is 1.43. The van der Waals surface area contributed by atoms with Crippen molar-refractivity contribution in [1.29, 1.82) is 0 Å². The third kappa shape index (κ3) is 3.21. The summed E-state index contributed by atoms with van der Waals surface area (Å²) in [6, 6.07) is 0. The normalized spacial score (nSPS) is 14.7. The molecule has 1 heterocycles. The molecule has 0 atom stereocenters. The van der Waals surface area contributed by atoms with Gasteiger partial charge in [-0.3, -0.25) is 0 Å². The van der Waals surface area contributed by atoms with Gasteiger partial charge >= 0.3 is 5.97 Å². The van der Waals surface area contributed by atoms with E-state index in [9.17, 15) is 4.79 Å². The van der Waals surface area contributed by atoms with Gasteiger partial charge in [0.1, 0.15) is 4.88 Å². The number of nitrogens with two attached hydrogens (primary N) is 1. The zero-order valence-corrected chi connectivity index (χ0v) is 12.6. The molecule has 1 aromatic rings. The van der Waals surface area contributed by atoms with Crippen molar-refractivity contribution in [2.45, 2.75) is 39.5 Å². The number of carbonyl (C=O) groups is 1. The van der Waals surface area contributed by atoms with E-state index < -0.39 is 0 Å². The van der Waals surface area contributed by atoms with Crippen molar-refractivity contribution in [3.8, 4) is 0 Å². The highest BCUT2D eigenvalue weighted by atomic mass is 32.1. The Morgan fingerprint density at radius 2 is 2.21 bits per heavy atom. The number of esters is 1. The average molecular weight is 282 g/mol. The topological polar surface area (TPSA) is 64.3 Å². The molecule has 106 valence electrons. The third-order valence-corrected chi connectivity index (χ3v) is 4.26. The van der Waals surface area contributed by atoms with E-state index in [1.54, 1.807) is 6.92 Å². The van der Waals surface area contributed by atoms with Crippen molar-refractivity contribution in [1.82, 2.24) is 0 Å². The van der Waals surface area contributed by atoms with Gasteiger partial charge in [0.05, 0.1) is 17.3 Å². The number of hydrogen-bond donors (Lipinski definition) is 2. The van der Waals surface area contributed by atoms with Crippen LogP contribution < -0.4 is 11.1 Å². The van der Waals surface area contributed by atoms with Crippen LogP contribution in [0.3, 0.4) is 0 Å². The fourth-order valence-electron chi connectivity index (χ4n) is 2.01. The lowest BCUT2D eigenvalue weighted by Gasteiger charge is -2.09. The average Bonchev–Trinajstić information content (AvgIpc) is 3.11. The number of thiophene rings is 1. The molecule has 0 aromatic carbocycles. The molecule has 0 saturated heterocycles. The Bertz CT molecular complexity index is 464.